The van der Waals surface area contributed by atoms with E-state index in [1.165, 1.54) is 32.1 Å². The van der Waals surface area contributed by atoms with Crippen molar-refractivity contribution in [2.24, 2.45) is 0 Å². The summed E-state index contributed by atoms with van der Waals surface area (Å²) in [7, 11) is 0. The Morgan fingerprint density at radius 3 is 2.40 bits per heavy atom. The van der Waals surface area contributed by atoms with Crippen molar-refractivity contribution in [2.45, 2.75) is 58.4 Å². The maximum Gasteiger partial charge on any atom is 0.269 e. The number of benzene rings is 1. The lowest BCUT2D eigenvalue weighted by Crippen LogP contribution is -2.30. The Bertz CT molecular complexity index is 390. The van der Waals surface area contributed by atoms with Gasteiger partial charge in [0.1, 0.15) is 0 Å². The number of nitrogens with zero attached hydrogens (tertiary/aromatic N) is 1. The Morgan fingerprint density at radius 1 is 1.15 bits per heavy atom. The van der Waals surface area contributed by atoms with Gasteiger partial charge in [0.15, 0.2) is 0 Å². The van der Waals surface area contributed by atoms with Crippen molar-refractivity contribution in [3.63, 3.8) is 0 Å². The summed E-state index contributed by atoms with van der Waals surface area (Å²) in [5.74, 6) is 0. The molecule has 0 bridgehead atoms. The van der Waals surface area contributed by atoms with E-state index in [9.17, 15) is 10.1 Å². The van der Waals surface area contributed by atoms with E-state index < -0.39 is 0 Å². The number of nitrogens with one attached hydrogen (secondary N) is 1. The Labute approximate surface area is 121 Å². The third-order valence-corrected chi connectivity index (χ3v) is 3.54. The highest BCUT2D eigenvalue weighted by Crippen LogP contribution is 2.12. The van der Waals surface area contributed by atoms with Crippen molar-refractivity contribution in [3.05, 3.63) is 39.9 Å². The van der Waals surface area contributed by atoms with E-state index >= 15 is 0 Å². The molecule has 4 nitrogen and oxygen atoms in total. The van der Waals surface area contributed by atoms with E-state index in [0.717, 1.165) is 18.5 Å². The minimum absolute atomic E-state index is 0.161. The van der Waals surface area contributed by atoms with Crippen LogP contribution in [0.15, 0.2) is 24.3 Å². The van der Waals surface area contributed by atoms with Gasteiger partial charge in [0.2, 0.25) is 0 Å². The topological polar surface area (TPSA) is 55.2 Å². The van der Waals surface area contributed by atoms with Crippen LogP contribution in [0.4, 0.5) is 5.69 Å². The SMILES string of the molecule is CCCCC(CCC)NCCc1ccc([N+](=O)[O-])cc1. The van der Waals surface area contributed by atoms with Gasteiger partial charge < -0.3 is 5.32 Å². The van der Waals surface area contributed by atoms with E-state index in [1.807, 2.05) is 12.1 Å². The van der Waals surface area contributed by atoms with Crippen LogP contribution in [0.1, 0.15) is 51.5 Å². The maximum absolute atomic E-state index is 10.6. The third kappa shape index (κ3) is 6.15. The van der Waals surface area contributed by atoms with E-state index in [4.69, 9.17) is 0 Å². The summed E-state index contributed by atoms with van der Waals surface area (Å²) in [4.78, 5) is 10.2. The molecule has 0 saturated heterocycles. The summed E-state index contributed by atoms with van der Waals surface area (Å²) in [6.45, 7) is 5.38. The highest BCUT2D eigenvalue weighted by atomic mass is 16.6. The molecule has 20 heavy (non-hydrogen) atoms. The van der Waals surface area contributed by atoms with E-state index in [0.29, 0.717) is 6.04 Å². The van der Waals surface area contributed by atoms with E-state index in [1.54, 1.807) is 12.1 Å². The second-order valence-corrected chi connectivity index (χ2v) is 5.26. The first-order valence-electron chi connectivity index (χ1n) is 7.64. The van der Waals surface area contributed by atoms with Crippen LogP contribution in [0.2, 0.25) is 0 Å². The van der Waals surface area contributed by atoms with Gasteiger partial charge in [0.05, 0.1) is 4.92 Å². The van der Waals surface area contributed by atoms with Crippen LogP contribution in [-0.4, -0.2) is 17.5 Å². The number of hydrogen-bond donors (Lipinski definition) is 1. The van der Waals surface area contributed by atoms with Crippen molar-refractivity contribution < 1.29 is 4.92 Å². The molecule has 0 heterocycles. The zero-order valence-electron chi connectivity index (χ0n) is 12.6. The van der Waals surface area contributed by atoms with Gasteiger partial charge in [-0.15, -0.1) is 0 Å². The summed E-state index contributed by atoms with van der Waals surface area (Å²) in [5.41, 5.74) is 1.31. The quantitative estimate of drug-likeness (QED) is 0.518. The van der Waals surface area contributed by atoms with Crippen LogP contribution in [0.5, 0.6) is 0 Å². The van der Waals surface area contributed by atoms with Gasteiger partial charge in [-0.05, 0) is 31.4 Å². The Balaban J connectivity index is 2.35. The fraction of sp³-hybridized carbons (Fsp3) is 0.625. The summed E-state index contributed by atoms with van der Waals surface area (Å²) >= 11 is 0. The molecule has 0 aromatic heterocycles. The molecule has 0 radical (unpaired) electrons. The number of nitro groups is 1. The molecule has 0 amide bonds. The first kappa shape index (κ1) is 16.6. The molecular formula is C16H26N2O2. The maximum atomic E-state index is 10.6. The fourth-order valence-electron chi connectivity index (χ4n) is 2.35. The van der Waals surface area contributed by atoms with Gasteiger partial charge in [0, 0.05) is 18.2 Å². The molecule has 1 N–H and O–H groups in total. The molecule has 0 aliphatic rings. The second-order valence-electron chi connectivity index (χ2n) is 5.26. The van der Waals surface area contributed by atoms with Gasteiger partial charge in [-0.1, -0.05) is 45.2 Å². The molecule has 0 aliphatic heterocycles. The van der Waals surface area contributed by atoms with E-state index in [2.05, 4.69) is 19.2 Å². The Morgan fingerprint density at radius 2 is 1.85 bits per heavy atom. The Hall–Kier alpha value is -1.42. The first-order valence-corrected chi connectivity index (χ1v) is 7.64. The fourth-order valence-corrected chi connectivity index (χ4v) is 2.35. The normalized spacial score (nSPS) is 12.3. The Kier molecular flexibility index (Phi) is 7.88. The molecular weight excluding hydrogens is 252 g/mol. The summed E-state index contributed by atoms with van der Waals surface area (Å²) in [6.07, 6.45) is 7.10. The zero-order chi connectivity index (χ0) is 14.8. The van der Waals surface area contributed by atoms with Gasteiger partial charge in [-0.25, -0.2) is 0 Å². The predicted molar refractivity (Wildman–Crippen MR) is 83.0 cm³/mol. The molecule has 1 aromatic rings. The standard InChI is InChI=1S/C16H26N2O2/c1-3-5-7-15(6-4-2)17-13-12-14-8-10-16(11-9-14)18(19)20/h8-11,15,17H,3-7,12-13H2,1-2H3. The highest BCUT2D eigenvalue weighted by molar-refractivity contribution is 5.32. The van der Waals surface area contributed by atoms with Crippen molar-refractivity contribution in [2.75, 3.05) is 6.54 Å². The molecule has 0 aliphatic carbocycles. The van der Waals surface area contributed by atoms with Crippen molar-refractivity contribution >= 4 is 5.69 Å². The molecule has 1 atom stereocenters. The van der Waals surface area contributed by atoms with Crippen LogP contribution in [0.3, 0.4) is 0 Å². The van der Waals surface area contributed by atoms with Crippen LogP contribution in [0, 0.1) is 10.1 Å². The molecule has 1 rings (SSSR count). The predicted octanol–water partition coefficient (Wildman–Crippen LogP) is 4.09. The summed E-state index contributed by atoms with van der Waals surface area (Å²) in [5, 5.41) is 14.2. The van der Waals surface area contributed by atoms with Gasteiger partial charge in [-0.3, -0.25) is 10.1 Å². The lowest BCUT2D eigenvalue weighted by molar-refractivity contribution is -0.384. The molecule has 1 aromatic carbocycles. The van der Waals surface area contributed by atoms with Crippen LogP contribution < -0.4 is 5.32 Å². The minimum Gasteiger partial charge on any atom is -0.314 e. The number of hydrogen-bond acceptors (Lipinski definition) is 3. The molecule has 4 heteroatoms. The van der Waals surface area contributed by atoms with Gasteiger partial charge in [-0.2, -0.15) is 0 Å². The van der Waals surface area contributed by atoms with Crippen LogP contribution in [-0.2, 0) is 6.42 Å². The van der Waals surface area contributed by atoms with E-state index in [-0.39, 0.29) is 10.6 Å². The molecule has 112 valence electrons. The number of non-ortho nitro benzene ring substituents is 1. The summed E-state index contributed by atoms with van der Waals surface area (Å²) in [6, 6.07) is 7.46. The lowest BCUT2D eigenvalue weighted by atomic mass is 10.0. The molecule has 0 fully saturated rings. The lowest BCUT2D eigenvalue weighted by Gasteiger charge is -2.17. The van der Waals surface area contributed by atoms with Crippen LogP contribution >= 0.6 is 0 Å². The van der Waals surface area contributed by atoms with Crippen molar-refractivity contribution in [1.82, 2.24) is 5.32 Å². The highest BCUT2D eigenvalue weighted by Gasteiger charge is 2.07. The van der Waals surface area contributed by atoms with Gasteiger partial charge in [0.25, 0.3) is 5.69 Å². The van der Waals surface area contributed by atoms with Crippen molar-refractivity contribution in [3.8, 4) is 0 Å². The van der Waals surface area contributed by atoms with Crippen LogP contribution in [0.25, 0.3) is 0 Å². The zero-order valence-corrected chi connectivity index (χ0v) is 12.6. The third-order valence-electron chi connectivity index (χ3n) is 3.54. The number of unbranched alkanes of at least 4 members (excludes halogenated alkanes) is 1. The minimum atomic E-state index is -0.357. The van der Waals surface area contributed by atoms with Crippen molar-refractivity contribution in [1.29, 1.82) is 0 Å². The molecule has 0 spiro atoms. The molecule has 1 unspecified atom stereocenters. The average molecular weight is 278 g/mol. The monoisotopic (exact) mass is 278 g/mol. The first-order chi connectivity index (χ1) is 9.67. The largest absolute Gasteiger partial charge is 0.314 e. The summed E-state index contributed by atoms with van der Waals surface area (Å²) < 4.78 is 0. The smallest absolute Gasteiger partial charge is 0.269 e. The van der Waals surface area contributed by atoms with Gasteiger partial charge >= 0.3 is 0 Å². The number of rotatable bonds is 10. The molecule has 0 saturated carbocycles. The average Bonchev–Trinajstić information content (AvgIpc) is 2.45. The second kappa shape index (κ2) is 9.48. The number of nitro benzene ring substituents is 1.